The van der Waals surface area contributed by atoms with Crippen molar-refractivity contribution in [2.45, 2.75) is 66.7 Å². The van der Waals surface area contributed by atoms with Gasteiger partial charge in [-0.05, 0) is 11.8 Å². The number of rotatable bonds is 5. The van der Waals surface area contributed by atoms with E-state index in [1.54, 1.807) is 6.26 Å². The number of aromatic nitrogens is 1. The fourth-order valence-electron chi connectivity index (χ4n) is 2.33. The SMILES string of the molecule is CCC(C)c1coc(/C(C)=C2\[C-]=CC(CCC(C)(C)C)=C2)n1.[Pt]. The molecule has 0 N–H and O–H groups in total. The summed E-state index contributed by atoms with van der Waals surface area (Å²) in [5.74, 6) is 1.16. The average Bonchev–Trinajstić information content (AvgIpc) is 3.12. The second-order valence-electron chi connectivity index (χ2n) is 7.49. The molecular formula is C20H28NOPt-. The maximum absolute atomic E-state index is 5.66. The van der Waals surface area contributed by atoms with Crippen LogP contribution in [0.2, 0.25) is 0 Å². The summed E-state index contributed by atoms with van der Waals surface area (Å²) in [6, 6.07) is 0. The van der Waals surface area contributed by atoms with Crippen molar-refractivity contribution in [2.24, 2.45) is 5.41 Å². The Morgan fingerprint density at radius 2 is 2.04 bits per heavy atom. The van der Waals surface area contributed by atoms with Gasteiger partial charge in [-0.1, -0.05) is 60.0 Å². The zero-order valence-electron chi connectivity index (χ0n) is 15.1. The number of oxazole rings is 1. The molecule has 1 aliphatic rings. The smallest absolute Gasteiger partial charge is 0.178 e. The predicted octanol–water partition coefficient (Wildman–Crippen LogP) is 6.08. The Morgan fingerprint density at radius 3 is 2.65 bits per heavy atom. The van der Waals surface area contributed by atoms with Crippen LogP contribution in [0.3, 0.4) is 0 Å². The number of hydrogen-bond donors (Lipinski definition) is 0. The minimum atomic E-state index is 0. The van der Waals surface area contributed by atoms with Gasteiger partial charge in [0.05, 0.1) is 5.69 Å². The molecule has 0 bridgehead atoms. The van der Waals surface area contributed by atoms with Gasteiger partial charge < -0.3 is 4.42 Å². The van der Waals surface area contributed by atoms with Crippen LogP contribution in [0.4, 0.5) is 0 Å². The van der Waals surface area contributed by atoms with Gasteiger partial charge in [-0.2, -0.15) is 23.3 Å². The van der Waals surface area contributed by atoms with Crippen LogP contribution in [-0.2, 0) is 21.1 Å². The molecule has 1 aliphatic carbocycles. The van der Waals surface area contributed by atoms with Gasteiger partial charge >= 0.3 is 0 Å². The summed E-state index contributed by atoms with van der Waals surface area (Å²) in [7, 11) is 0. The second-order valence-corrected chi connectivity index (χ2v) is 7.49. The molecule has 130 valence electrons. The van der Waals surface area contributed by atoms with Crippen LogP contribution in [-0.4, -0.2) is 4.98 Å². The average molecular weight is 494 g/mol. The molecule has 0 aromatic carbocycles. The molecule has 0 amide bonds. The van der Waals surface area contributed by atoms with Crippen molar-refractivity contribution in [3.05, 3.63) is 47.2 Å². The summed E-state index contributed by atoms with van der Waals surface area (Å²) in [4.78, 5) is 4.63. The van der Waals surface area contributed by atoms with Gasteiger partial charge in [0.15, 0.2) is 5.89 Å². The zero-order chi connectivity index (χ0) is 16.3. The van der Waals surface area contributed by atoms with Gasteiger partial charge in [0, 0.05) is 27.0 Å². The molecule has 2 rings (SSSR count). The standard InChI is InChI=1S/C20H28NO.Pt/c1-7-14(2)18-13-22-19(21-18)15(3)17-9-8-16(12-17)10-11-20(4,5)6;/h8,12-14H,7,10-11H2,1-6H3;/q-1;/b17-15+;. The van der Waals surface area contributed by atoms with Crippen LogP contribution in [0.1, 0.15) is 78.3 Å². The van der Waals surface area contributed by atoms with E-state index in [1.807, 2.05) is 0 Å². The van der Waals surface area contributed by atoms with Gasteiger partial charge in [0.1, 0.15) is 6.26 Å². The summed E-state index contributed by atoms with van der Waals surface area (Å²) < 4.78 is 5.66. The van der Waals surface area contributed by atoms with E-state index >= 15 is 0 Å². The van der Waals surface area contributed by atoms with Gasteiger partial charge in [-0.3, -0.25) is 0 Å². The topological polar surface area (TPSA) is 26.0 Å². The van der Waals surface area contributed by atoms with E-state index in [4.69, 9.17) is 4.42 Å². The van der Waals surface area contributed by atoms with Gasteiger partial charge in [0.25, 0.3) is 0 Å². The normalized spacial score (nSPS) is 17.7. The number of nitrogens with zero attached hydrogens (tertiary/aromatic N) is 1. The number of hydrogen-bond acceptors (Lipinski definition) is 2. The quantitative estimate of drug-likeness (QED) is 0.465. The largest absolute Gasteiger partial charge is 0.453 e. The van der Waals surface area contributed by atoms with Crippen LogP contribution in [0.15, 0.2) is 34.0 Å². The Hall–Kier alpha value is -0.882. The fourth-order valence-corrected chi connectivity index (χ4v) is 2.33. The molecular weight excluding hydrogens is 465 g/mol. The molecule has 0 saturated carbocycles. The van der Waals surface area contributed by atoms with E-state index in [9.17, 15) is 0 Å². The van der Waals surface area contributed by atoms with Gasteiger partial charge in [-0.15, -0.1) is 6.08 Å². The van der Waals surface area contributed by atoms with Crippen molar-refractivity contribution in [3.8, 4) is 0 Å². The minimum Gasteiger partial charge on any atom is -0.453 e. The Balaban J connectivity index is 0.00000264. The molecule has 1 aromatic heterocycles. The molecule has 0 radical (unpaired) electrons. The van der Waals surface area contributed by atoms with Crippen LogP contribution >= 0.6 is 0 Å². The van der Waals surface area contributed by atoms with Crippen LogP contribution < -0.4 is 0 Å². The summed E-state index contributed by atoms with van der Waals surface area (Å²) in [6.45, 7) is 13.2. The Kier molecular flexibility index (Phi) is 7.26. The molecule has 0 spiro atoms. The third kappa shape index (κ3) is 5.60. The molecule has 1 atom stereocenters. The summed E-state index contributed by atoms with van der Waals surface area (Å²) >= 11 is 0. The van der Waals surface area contributed by atoms with Crippen LogP contribution in [0, 0.1) is 11.5 Å². The van der Waals surface area contributed by atoms with Gasteiger partial charge in [0.2, 0.25) is 0 Å². The molecule has 2 nitrogen and oxygen atoms in total. The molecule has 1 aromatic rings. The molecule has 3 heteroatoms. The molecule has 0 fully saturated rings. The minimum absolute atomic E-state index is 0. The second kappa shape index (κ2) is 8.29. The summed E-state index contributed by atoms with van der Waals surface area (Å²) in [5.41, 5.74) is 4.91. The van der Waals surface area contributed by atoms with Crippen molar-refractivity contribution in [1.29, 1.82) is 0 Å². The van der Waals surface area contributed by atoms with E-state index < -0.39 is 0 Å². The van der Waals surface area contributed by atoms with Crippen molar-refractivity contribution >= 4 is 5.57 Å². The first-order valence-corrected chi connectivity index (χ1v) is 8.27. The molecule has 0 aliphatic heterocycles. The third-order valence-corrected chi connectivity index (χ3v) is 4.27. The van der Waals surface area contributed by atoms with Crippen molar-refractivity contribution in [2.75, 3.05) is 0 Å². The van der Waals surface area contributed by atoms with Crippen LogP contribution in [0.25, 0.3) is 5.57 Å². The zero-order valence-corrected chi connectivity index (χ0v) is 17.4. The Morgan fingerprint density at radius 1 is 1.35 bits per heavy atom. The summed E-state index contributed by atoms with van der Waals surface area (Å²) in [5, 5.41) is 0. The Labute approximate surface area is 155 Å². The fraction of sp³-hybridized carbons (Fsp3) is 0.550. The van der Waals surface area contributed by atoms with E-state index in [-0.39, 0.29) is 21.1 Å². The molecule has 1 unspecified atom stereocenters. The monoisotopic (exact) mass is 493 g/mol. The molecule has 1 heterocycles. The van der Waals surface area contributed by atoms with Crippen molar-refractivity contribution in [3.63, 3.8) is 0 Å². The summed E-state index contributed by atoms with van der Waals surface area (Å²) in [6.07, 6.45) is 12.8. The predicted molar refractivity (Wildman–Crippen MR) is 92.4 cm³/mol. The maximum atomic E-state index is 5.66. The van der Waals surface area contributed by atoms with E-state index in [2.05, 4.69) is 64.8 Å². The van der Waals surface area contributed by atoms with Crippen molar-refractivity contribution < 1.29 is 25.5 Å². The first kappa shape index (κ1) is 20.2. The van der Waals surface area contributed by atoms with E-state index in [0.29, 0.717) is 11.3 Å². The number of allylic oxidation sites excluding steroid dienone is 6. The van der Waals surface area contributed by atoms with E-state index in [1.165, 1.54) is 12.0 Å². The third-order valence-electron chi connectivity index (χ3n) is 4.27. The van der Waals surface area contributed by atoms with E-state index in [0.717, 1.165) is 35.6 Å². The first-order chi connectivity index (χ1) is 10.3. The first-order valence-electron chi connectivity index (χ1n) is 8.27. The molecule has 23 heavy (non-hydrogen) atoms. The molecule has 0 saturated heterocycles. The van der Waals surface area contributed by atoms with Crippen molar-refractivity contribution in [1.82, 2.24) is 4.98 Å². The maximum Gasteiger partial charge on any atom is 0.178 e. The Bertz CT molecular complexity index is 614. The van der Waals surface area contributed by atoms with Gasteiger partial charge in [-0.25, -0.2) is 4.98 Å². The van der Waals surface area contributed by atoms with Crippen LogP contribution in [0.5, 0.6) is 0 Å².